The van der Waals surface area contributed by atoms with Crippen LogP contribution >= 0.6 is 15.9 Å². The van der Waals surface area contributed by atoms with Crippen LogP contribution in [0.4, 0.5) is 5.69 Å². The average Bonchev–Trinajstić information content (AvgIpc) is 2.40. The molecule has 2 atom stereocenters. The molecule has 1 fully saturated rings. The summed E-state index contributed by atoms with van der Waals surface area (Å²) < 4.78 is 0.660. The molecule has 108 valence electrons. The summed E-state index contributed by atoms with van der Waals surface area (Å²) in [6.45, 7) is 0. The summed E-state index contributed by atoms with van der Waals surface area (Å²) in [6, 6.07) is 4.83. The Morgan fingerprint density at radius 3 is 2.75 bits per heavy atom. The Bertz CT molecular complexity index is 533. The van der Waals surface area contributed by atoms with E-state index in [4.69, 9.17) is 10.8 Å². The number of hydrogen-bond donors (Lipinski definition) is 3. The molecule has 2 unspecified atom stereocenters. The molecule has 6 heteroatoms. The van der Waals surface area contributed by atoms with Crippen LogP contribution in [0.25, 0.3) is 0 Å². The third kappa shape index (κ3) is 3.58. The zero-order valence-electron chi connectivity index (χ0n) is 10.9. The predicted octanol–water partition coefficient (Wildman–Crippen LogP) is 2.60. The molecular formula is C14H17BrN2O3. The number of amides is 1. The van der Waals surface area contributed by atoms with Gasteiger partial charge in [0.1, 0.15) is 0 Å². The van der Waals surface area contributed by atoms with Crippen LogP contribution in [0.1, 0.15) is 36.0 Å². The van der Waals surface area contributed by atoms with Crippen molar-refractivity contribution in [1.82, 2.24) is 0 Å². The smallest absolute Gasteiger partial charge is 0.337 e. The fourth-order valence-corrected chi connectivity index (χ4v) is 2.86. The number of halogens is 1. The van der Waals surface area contributed by atoms with E-state index in [9.17, 15) is 9.59 Å². The van der Waals surface area contributed by atoms with Crippen LogP contribution < -0.4 is 11.1 Å². The van der Waals surface area contributed by atoms with E-state index in [1.807, 2.05) is 0 Å². The molecule has 0 spiro atoms. The van der Waals surface area contributed by atoms with Crippen molar-refractivity contribution in [2.75, 3.05) is 5.32 Å². The predicted molar refractivity (Wildman–Crippen MR) is 79.7 cm³/mol. The van der Waals surface area contributed by atoms with Crippen LogP contribution in [0.2, 0.25) is 0 Å². The minimum atomic E-state index is -1.07. The number of carboxylic acids is 1. The lowest BCUT2D eigenvalue weighted by Crippen LogP contribution is -2.34. The Morgan fingerprint density at radius 1 is 1.35 bits per heavy atom. The van der Waals surface area contributed by atoms with E-state index in [0.29, 0.717) is 16.6 Å². The van der Waals surface area contributed by atoms with Crippen molar-refractivity contribution >= 4 is 33.5 Å². The van der Waals surface area contributed by atoms with Crippen molar-refractivity contribution in [2.45, 2.75) is 31.7 Å². The topological polar surface area (TPSA) is 92.4 Å². The number of carbonyl (C=O) groups is 2. The highest BCUT2D eigenvalue weighted by Gasteiger charge is 2.26. The molecule has 1 saturated carbocycles. The number of anilines is 1. The highest BCUT2D eigenvalue weighted by molar-refractivity contribution is 9.10. The van der Waals surface area contributed by atoms with Gasteiger partial charge in [-0.15, -0.1) is 0 Å². The maximum Gasteiger partial charge on any atom is 0.337 e. The molecule has 1 aromatic carbocycles. The number of nitrogens with two attached hydrogens (primary N) is 1. The molecule has 1 aliphatic carbocycles. The van der Waals surface area contributed by atoms with Gasteiger partial charge >= 0.3 is 5.97 Å². The number of hydrogen-bond acceptors (Lipinski definition) is 3. The van der Waals surface area contributed by atoms with Gasteiger partial charge in [-0.05, 0) is 37.5 Å². The number of rotatable bonds is 3. The van der Waals surface area contributed by atoms with E-state index in [-0.39, 0.29) is 23.4 Å². The molecule has 0 bridgehead atoms. The number of carboxylic acid groups (broad SMARTS) is 1. The first-order chi connectivity index (χ1) is 9.47. The zero-order chi connectivity index (χ0) is 14.7. The van der Waals surface area contributed by atoms with Crippen molar-refractivity contribution < 1.29 is 14.7 Å². The Morgan fingerprint density at radius 2 is 2.10 bits per heavy atom. The van der Waals surface area contributed by atoms with Gasteiger partial charge < -0.3 is 16.2 Å². The van der Waals surface area contributed by atoms with Crippen LogP contribution in [0.15, 0.2) is 22.7 Å². The molecule has 20 heavy (non-hydrogen) atoms. The van der Waals surface area contributed by atoms with E-state index >= 15 is 0 Å². The van der Waals surface area contributed by atoms with Crippen LogP contribution in [-0.4, -0.2) is 23.0 Å². The SMILES string of the molecule is NC1CCCC(C(=O)Nc2ccc(Br)cc2C(=O)O)C1. The Hall–Kier alpha value is -1.40. The van der Waals surface area contributed by atoms with Crippen LogP contribution in [-0.2, 0) is 4.79 Å². The lowest BCUT2D eigenvalue weighted by Gasteiger charge is -2.25. The fourth-order valence-electron chi connectivity index (χ4n) is 2.50. The third-order valence-electron chi connectivity index (χ3n) is 3.56. The lowest BCUT2D eigenvalue weighted by molar-refractivity contribution is -0.120. The van der Waals surface area contributed by atoms with E-state index in [1.165, 1.54) is 6.07 Å². The summed E-state index contributed by atoms with van der Waals surface area (Å²) in [4.78, 5) is 23.4. The Labute approximate surface area is 125 Å². The molecular weight excluding hydrogens is 324 g/mol. The molecule has 1 amide bonds. The van der Waals surface area contributed by atoms with E-state index in [2.05, 4.69) is 21.2 Å². The normalized spacial score (nSPS) is 22.3. The van der Waals surface area contributed by atoms with Gasteiger partial charge in [-0.2, -0.15) is 0 Å². The summed E-state index contributed by atoms with van der Waals surface area (Å²) in [6.07, 6.45) is 3.34. The number of carbonyl (C=O) groups excluding carboxylic acids is 1. The molecule has 4 N–H and O–H groups in total. The first-order valence-corrected chi connectivity index (χ1v) is 7.36. The second kappa shape index (κ2) is 6.37. The maximum atomic E-state index is 12.2. The highest BCUT2D eigenvalue weighted by atomic mass is 79.9. The summed E-state index contributed by atoms with van der Waals surface area (Å²) >= 11 is 3.22. The van der Waals surface area contributed by atoms with Crippen molar-refractivity contribution in [3.63, 3.8) is 0 Å². The van der Waals surface area contributed by atoms with Crippen LogP contribution in [0, 0.1) is 5.92 Å². The summed E-state index contributed by atoms with van der Waals surface area (Å²) in [5.74, 6) is -1.35. The average molecular weight is 341 g/mol. The van der Waals surface area contributed by atoms with Crippen molar-refractivity contribution in [3.8, 4) is 0 Å². The third-order valence-corrected chi connectivity index (χ3v) is 4.05. The van der Waals surface area contributed by atoms with Gasteiger partial charge in [-0.25, -0.2) is 4.79 Å². The number of nitrogens with one attached hydrogen (secondary N) is 1. The van der Waals surface area contributed by atoms with Gasteiger partial charge in [0, 0.05) is 16.4 Å². The Balaban J connectivity index is 2.13. The largest absolute Gasteiger partial charge is 0.478 e. The minimum Gasteiger partial charge on any atom is -0.478 e. The molecule has 0 aromatic heterocycles. The van der Waals surface area contributed by atoms with Crippen molar-refractivity contribution in [1.29, 1.82) is 0 Å². The van der Waals surface area contributed by atoms with Gasteiger partial charge in [0.15, 0.2) is 0 Å². The molecule has 5 nitrogen and oxygen atoms in total. The maximum absolute atomic E-state index is 12.2. The van der Waals surface area contributed by atoms with E-state index in [1.54, 1.807) is 12.1 Å². The molecule has 2 rings (SSSR count). The van der Waals surface area contributed by atoms with Gasteiger partial charge in [0.05, 0.1) is 11.3 Å². The fraction of sp³-hybridized carbons (Fsp3) is 0.429. The summed E-state index contributed by atoms with van der Waals surface area (Å²) in [5.41, 5.74) is 6.27. The summed E-state index contributed by atoms with van der Waals surface area (Å²) in [7, 11) is 0. The van der Waals surface area contributed by atoms with Gasteiger partial charge in [-0.1, -0.05) is 22.4 Å². The minimum absolute atomic E-state index is 0.0587. The monoisotopic (exact) mass is 340 g/mol. The standard InChI is InChI=1S/C14H17BrN2O3/c15-9-4-5-12(11(7-9)14(19)20)17-13(18)8-2-1-3-10(16)6-8/h4-5,7-8,10H,1-3,6,16H2,(H,17,18)(H,19,20). The zero-order valence-corrected chi connectivity index (χ0v) is 12.5. The number of aromatic carboxylic acids is 1. The van der Waals surface area contributed by atoms with Crippen molar-refractivity contribution in [2.24, 2.45) is 11.7 Å². The summed E-state index contributed by atoms with van der Waals surface area (Å²) in [5, 5.41) is 11.9. The molecule has 0 saturated heterocycles. The van der Waals surface area contributed by atoms with Crippen LogP contribution in [0.3, 0.4) is 0 Å². The van der Waals surface area contributed by atoms with Gasteiger partial charge in [0.25, 0.3) is 0 Å². The highest BCUT2D eigenvalue weighted by Crippen LogP contribution is 2.26. The van der Waals surface area contributed by atoms with Crippen LogP contribution in [0.5, 0.6) is 0 Å². The molecule has 0 heterocycles. The van der Waals surface area contributed by atoms with E-state index < -0.39 is 5.97 Å². The second-order valence-corrected chi connectivity index (χ2v) is 6.02. The van der Waals surface area contributed by atoms with Crippen molar-refractivity contribution in [3.05, 3.63) is 28.2 Å². The quantitative estimate of drug-likeness (QED) is 0.788. The van der Waals surface area contributed by atoms with Gasteiger partial charge in [0.2, 0.25) is 5.91 Å². The Kier molecular flexibility index (Phi) is 4.77. The first-order valence-electron chi connectivity index (χ1n) is 6.56. The van der Waals surface area contributed by atoms with E-state index in [0.717, 1.165) is 19.3 Å². The van der Waals surface area contributed by atoms with Gasteiger partial charge in [-0.3, -0.25) is 4.79 Å². The second-order valence-electron chi connectivity index (χ2n) is 5.11. The lowest BCUT2D eigenvalue weighted by atomic mass is 9.85. The molecule has 1 aliphatic rings. The first kappa shape index (κ1) is 15.0. The molecule has 0 radical (unpaired) electrons. The number of benzene rings is 1. The molecule has 1 aromatic rings. The molecule has 0 aliphatic heterocycles.